The maximum atomic E-state index is 13.7. The van der Waals surface area contributed by atoms with Gasteiger partial charge in [-0.25, -0.2) is 9.37 Å². The van der Waals surface area contributed by atoms with Gasteiger partial charge in [0.05, 0.1) is 29.3 Å². The highest BCUT2D eigenvalue weighted by Crippen LogP contribution is 2.24. The van der Waals surface area contributed by atoms with Crippen molar-refractivity contribution in [3.05, 3.63) is 64.2 Å². The van der Waals surface area contributed by atoms with Crippen LogP contribution < -0.4 is 10.3 Å². The van der Waals surface area contributed by atoms with E-state index in [9.17, 15) is 14.0 Å². The molecule has 0 aliphatic rings. The first-order valence-electron chi connectivity index (χ1n) is 11.0. The Morgan fingerprint density at radius 3 is 2.52 bits per heavy atom. The van der Waals surface area contributed by atoms with Crippen molar-refractivity contribution in [3.63, 3.8) is 0 Å². The topological polar surface area (TPSA) is 64.4 Å². The number of halogens is 1. The Bertz CT molecular complexity index is 1190. The fourth-order valence-electron chi connectivity index (χ4n) is 3.89. The number of ketones is 1. The maximum Gasteiger partial charge on any atom is 0.262 e. The number of hydrogen-bond acceptors (Lipinski definition) is 6. The number of nitrogens with zero attached hydrogens (tertiary/aromatic N) is 3. The summed E-state index contributed by atoms with van der Waals surface area (Å²) in [4.78, 5) is 33.1. The lowest BCUT2D eigenvalue weighted by Crippen LogP contribution is -2.40. The predicted molar refractivity (Wildman–Crippen MR) is 131 cm³/mol. The molecule has 2 aromatic carbocycles. The van der Waals surface area contributed by atoms with Crippen LogP contribution in [0.5, 0.6) is 5.75 Å². The Morgan fingerprint density at radius 1 is 1.15 bits per heavy atom. The van der Waals surface area contributed by atoms with Crippen molar-refractivity contribution in [2.24, 2.45) is 0 Å². The summed E-state index contributed by atoms with van der Waals surface area (Å²) in [7, 11) is 1.44. The first kappa shape index (κ1) is 24.9. The second-order valence-electron chi connectivity index (χ2n) is 8.35. The zero-order chi connectivity index (χ0) is 24.1. The van der Waals surface area contributed by atoms with Crippen molar-refractivity contribution in [3.8, 4) is 5.75 Å². The fraction of sp³-hybridized carbons (Fsp3) is 0.400. The minimum Gasteiger partial charge on any atom is -0.496 e. The number of rotatable bonds is 10. The van der Waals surface area contributed by atoms with Crippen LogP contribution >= 0.6 is 11.8 Å². The van der Waals surface area contributed by atoms with E-state index >= 15 is 0 Å². The van der Waals surface area contributed by atoms with Gasteiger partial charge in [0.15, 0.2) is 10.9 Å². The summed E-state index contributed by atoms with van der Waals surface area (Å²) < 4.78 is 20.6. The standard InChI is InChI=1S/C25H30FN3O3S/c1-16(2)28(17(3)4)12-13-29-24(31)19-8-6-7-9-21(19)27-25(29)33-15-22(30)20-14-18(26)10-11-23(20)32-5/h6-11,14,16-17H,12-13,15H2,1-5H3. The normalized spacial score (nSPS) is 11.7. The van der Waals surface area contributed by atoms with Crippen molar-refractivity contribution in [1.29, 1.82) is 0 Å². The molecule has 1 aromatic heterocycles. The van der Waals surface area contributed by atoms with Crippen LogP contribution in [0.3, 0.4) is 0 Å². The molecule has 0 fully saturated rings. The number of carbonyl (C=O) groups excluding carboxylic acids is 1. The summed E-state index contributed by atoms with van der Waals surface area (Å²) in [5.41, 5.74) is 0.624. The van der Waals surface area contributed by atoms with Crippen molar-refractivity contribution >= 4 is 28.4 Å². The highest BCUT2D eigenvalue weighted by Gasteiger charge is 2.19. The van der Waals surface area contributed by atoms with Crippen molar-refractivity contribution in [2.75, 3.05) is 19.4 Å². The monoisotopic (exact) mass is 471 g/mol. The van der Waals surface area contributed by atoms with Gasteiger partial charge >= 0.3 is 0 Å². The second kappa shape index (κ2) is 10.9. The SMILES string of the molecule is COc1ccc(F)cc1C(=O)CSc1nc2ccccc2c(=O)n1CCN(C(C)C)C(C)C. The van der Waals surface area contributed by atoms with Crippen molar-refractivity contribution in [1.82, 2.24) is 14.5 Å². The lowest BCUT2D eigenvalue weighted by atomic mass is 10.1. The van der Waals surface area contributed by atoms with E-state index in [0.717, 1.165) is 0 Å². The van der Waals surface area contributed by atoms with Gasteiger partial charge in [-0.1, -0.05) is 23.9 Å². The molecule has 1 heterocycles. The van der Waals surface area contributed by atoms with Crippen LogP contribution in [0.25, 0.3) is 10.9 Å². The van der Waals surface area contributed by atoms with Gasteiger partial charge in [-0.15, -0.1) is 0 Å². The number of benzene rings is 2. The van der Waals surface area contributed by atoms with Gasteiger partial charge in [0.25, 0.3) is 5.56 Å². The molecule has 0 saturated heterocycles. The number of aromatic nitrogens is 2. The number of fused-ring (bicyclic) bond motifs is 1. The Hall–Kier alpha value is -2.71. The summed E-state index contributed by atoms with van der Waals surface area (Å²) in [5, 5.41) is 1.01. The Kier molecular flexibility index (Phi) is 8.26. The molecule has 0 radical (unpaired) electrons. The Balaban J connectivity index is 1.93. The largest absolute Gasteiger partial charge is 0.496 e. The van der Waals surface area contributed by atoms with E-state index in [1.807, 2.05) is 12.1 Å². The smallest absolute Gasteiger partial charge is 0.262 e. The highest BCUT2D eigenvalue weighted by atomic mass is 32.2. The fourth-order valence-corrected chi connectivity index (χ4v) is 4.80. The van der Waals surface area contributed by atoms with Crippen LogP contribution in [-0.4, -0.2) is 51.7 Å². The molecule has 0 spiro atoms. The molecule has 0 N–H and O–H groups in total. The van der Waals surface area contributed by atoms with E-state index < -0.39 is 5.82 Å². The zero-order valence-electron chi connectivity index (χ0n) is 19.7. The van der Waals surface area contributed by atoms with E-state index in [1.165, 1.54) is 37.1 Å². The molecule has 0 aliphatic carbocycles. The van der Waals surface area contributed by atoms with E-state index in [-0.39, 0.29) is 22.7 Å². The van der Waals surface area contributed by atoms with Crippen molar-refractivity contribution < 1.29 is 13.9 Å². The molecule has 0 atom stereocenters. The number of ether oxygens (including phenoxy) is 1. The van der Waals surface area contributed by atoms with Gasteiger partial charge < -0.3 is 4.74 Å². The first-order valence-corrected chi connectivity index (χ1v) is 12.0. The van der Waals surface area contributed by atoms with Gasteiger partial charge in [0.2, 0.25) is 0 Å². The molecule has 3 aromatic rings. The third kappa shape index (κ3) is 5.81. The van der Waals surface area contributed by atoms with Crippen LogP contribution in [-0.2, 0) is 6.54 Å². The van der Waals surface area contributed by atoms with Crippen molar-refractivity contribution in [2.45, 2.75) is 51.5 Å². The molecule has 33 heavy (non-hydrogen) atoms. The molecule has 6 nitrogen and oxygen atoms in total. The van der Waals surface area contributed by atoms with Gasteiger partial charge in [0.1, 0.15) is 11.6 Å². The first-order chi connectivity index (χ1) is 15.7. The van der Waals surface area contributed by atoms with Gasteiger partial charge in [-0.2, -0.15) is 0 Å². The van der Waals surface area contributed by atoms with Gasteiger partial charge in [0, 0.05) is 25.2 Å². The van der Waals surface area contributed by atoms with Crippen LogP contribution in [0.15, 0.2) is 52.4 Å². The summed E-state index contributed by atoms with van der Waals surface area (Å²) in [6, 6.07) is 11.7. The summed E-state index contributed by atoms with van der Waals surface area (Å²) in [6.07, 6.45) is 0. The molecule has 0 saturated carbocycles. The average Bonchev–Trinajstić information content (AvgIpc) is 2.78. The summed E-state index contributed by atoms with van der Waals surface area (Å²) >= 11 is 1.18. The molecule has 0 unspecified atom stereocenters. The van der Waals surface area contributed by atoms with Crippen LogP contribution in [0, 0.1) is 5.82 Å². The molecule has 0 amide bonds. The zero-order valence-corrected chi connectivity index (χ0v) is 20.5. The minimum atomic E-state index is -0.507. The average molecular weight is 472 g/mol. The molecule has 176 valence electrons. The van der Waals surface area contributed by atoms with E-state index in [2.05, 4.69) is 37.6 Å². The van der Waals surface area contributed by atoms with E-state index in [4.69, 9.17) is 4.74 Å². The third-order valence-corrected chi connectivity index (χ3v) is 6.51. The summed E-state index contributed by atoms with van der Waals surface area (Å²) in [6.45, 7) is 9.63. The molecule has 0 bridgehead atoms. The Morgan fingerprint density at radius 2 is 1.85 bits per heavy atom. The van der Waals surface area contributed by atoms with Gasteiger partial charge in [-0.05, 0) is 58.0 Å². The minimum absolute atomic E-state index is 0.00265. The predicted octanol–water partition coefficient (Wildman–Crippen LogP) is 4.64. The number of thioether (sulfide) groups is 1. The lowest BCUT2D eigenvalue weighted by molar-refractivity contribution is 0.101. The lowest BCUT2D eigenvalue weighted by Gasteiger charge is -2.30. The Labute approximate surface area is 197 Å². The second-order valence-corrected chi connectivity index (χ2v) is 9.29. The number of Topliss-reactive ketones (excluding diaryl/α,β-unsaturated/α-hetero) is 1. The number of hydrogen-bond donors (Lipinski definition) is 0. The maximum absolute atomic E-state index is 13.7. The quantitative estimate of drug-likeness (QED) is 0.244. The van der Waals surface area contributed by atoms with Gasteiger partial charge in [-0.3, -0.25) is 19.1 Å². The van der Waals surface area contributed by atoms with Crippen LogP contribution in [0.4, 0.5) is 4.39 Å². The third-order valence-electron chi connectivity index (χ3n) is 5.53. The summed E-state index contributed by atoms with van der Waals surface area (Å²) in [5.74, 6) is -0.484. The highest BCUT2D eigenvalue weighted by molar-refractivity contribution is 7.99. The molecular weight excluding hydrogens is 441 g/mol. The number of para-hydroxylation sites is 1. The molecule has 8 heteroatoms. The molecular formula is C25H30FN3O3S. The molecule has 3 rings (SSSR count). The van der Waals surface area contributed by atoms with Crippen LogP contribution in [0.1, 0.15) is 38.1 Å². The van der Waals surface area contributed by atoms with E-state index in [0.29, 0.717) is 47.0 Å². The number of methoxy groups -OCH3 is 1. The number of carbonyl (C=O) groups is 1. The van der Waals surface area contributed by atoms with Crippen LogP contribution in [0.2, 0.25) is 0 Å². The van der Waals surface area contributed by atoms with E-state index in [1.54, 1.807) is 16.7 Å². The molecule has 0 aliphatic heterocycles.